The topological polar surface area (TPSA) is 73.8 Å². The molecule has 9 aromatic rings. The van der Waals surface area contributed by atoms with Crippen LogP contribution in [-0.2, 0) is 26.5 Å². The Bertz CT molecular complexity index is 2740. The van der Waals surface area contributed by atoms with Gasteiger partial charge in [-0.1, -0.05) is 105 Å². The molecule has 0 fully saturated rings. The monoisotopic (exact) mass is 830 g/mol. The van der Waals surface area contributed by atoms with Gasteiger partial charge >= 0.3 is 21.1 Å². The summed E-state index contributed by atoms with van der Waals surface area (Å²) in [6.07, 6.45) is 5.72. The number of benzene rings is 3. The molecule has 0 unspecified atom stereocenters. The molecule has 0 amide bonds. The van der Waals surface area contributed by atoms with Crippen molar-refractivity contribution < 1.29 is 21.1 Å². The largest absolute Gasteiger partial charge is 2.00 e. The molecule has 7 nitrogen and oxygen atoms in total. The minimum absolute atomic E-state index is 0. The maximum atomic E-state index is 5.13. The normalized spacial score (nSPS) is 12.1. The van der Waals surface area contributed by atoms with Crippen LogP contribution in [0, 0.1) is 19.1 Å². The maximum Gasteiger partial charge on any atom is 2.00 e. The number of rotatable bonds is 5. The van der Waals surface area contributed by atoms with Gasteiger partial charge in [0, 0.05) is 22.8 Å². The van der Waals surface area contributed by atoms with E-state index in [0.717, 1.165) is 83.3 Å². The van der Waals surface area contributed by atoms with E-state index in [0.29, 0.717) is 5.92 Å². The second-order valence-electron chi connectivity index (χ2n) is 13.6. The Hall–Kier alpha value is -5.26. The molecule has 0 aliphatic rings. The Morgan fingerprint density at radius 3 is 2.34 bits per heavy atom. The molecule has 8 heteroatoms. The number of fused-ring (bicyclic) bond motifs is 9. The number of nitrogens with zero attached hydrogens (tertiary/aromatic N) is 7. The predicted molar refractivity (Wildman–Crippen MR) is 196 cm³/mol. The van der Waals surface area contributed by atoms with Crippen LogP contribution in [0.2, 0.25) is 0 Å². The number of aryl methyl sites for hydroxylation is 1. The van der Waals surface area contributed by atoms with Crippen molar-refractivity contribution >= 4 is 49.3 Å². The first-order valence-corrected chi connectivity index (χ1v) is 16.6. The molecule has 3 aromatic carbocycles. The Balaban J connectivity index is 0.00000361. The van der Waals surface area contributed by atoms with Crippen LogP contribution < -0.4 is 0 Å². The maximum absolute atomic E-state index is 5.13. The van der Waals surface area contributed by atoms with Gasteiger partial charge < -0.3 is 14.0 Å². The Morgan fingerprint density at radius 1 is 0.740 bits per heavy atom. The fourth-order valence-corrected chi connectivity index (χ4v) is 7.25. The van der Waals surface area contributed by atoms with Gasteiger partial charge in [-0.15, -0.1) is 27.6 Å². The van der Waals surface area contributed by atoms with Crippen molar-refractivity contribution in [2.45, 2.75) is 46.0 Å². The van der Waals surface area contributed by atoms with Gasteiger partial charge in [0.25, 0.3) is 0 Å². The third kappa shape index (κ3) is 4.71. The molecular weight excluding hydrogens is 798 g/mol. The van der Waals surface area contributed by atoms with Gasteiger partial charge in [0.15, 0.2) is 5.82 Å². The molecule has 0 aliphatic heterocycles. The van der Waals surface area contributed by atoms with Gasteiger partial charge in [0.2, 0.25) is 0 Å². The Kier molecular flexibility index (Phi) is 7.65. The Labute approximate surface area is 304 Å². The van der Waals surface area contributed by atoms with E-state index in [1.165, 1.54) is 5.56 Å². The van der Waals surface area contributed by atoms with Crippen molar-refractivity contribution in [1.82, 2.24) is 34.1 Å². The molecule has 0 N–H and O–H groups in total. The second kappa shape index (κ2) is 12.0. The quantitative estimate of drug-likeness (QED) is 0.128. The summed E-state index contributed by atoms with van der Waals surface area (Å²) in [5.41, 5.74) is 9.15. The van der Waals surface area contributed by atoms with Gasteiger partial charge in [0.1, 0.15) is 5.82 Å². The molecule has 9 rings (SSSR count). The number of pyridine rings is 4. The zero-order valence-corrected chi connectivity index (χ0v) is 30.6. The minimum Gasteiger partial charge on any atom is -0.351 e. The van der Waals surface area contributed by atoms with Crippen molar-refractivity contribution in [3.8, 4) is 17.2 Å². The summed E-state index contributed by atoms with van der Waals surface area (Å²) in [7, 11) is 0. The number of hydrogen-bond acceptors (Lipinski definition) is 5. The molecule has 50 heavy (non-hydrogen) atoms. The molecule has 6 heterocycles. The zero-order valence-electron chi connectivity index (χ0n) is 28.3. The molecule has 0 spiro atoms. The van der Waals surface area contributed by atoms with Gasteiger partial charge in [-0.3, -0.25) is 4.98 Å². The van der Waals surface area contributed by atoms with E-state index in [1.54, 1.807) is 0 Å². The second-order valence-corrected chi connectivity index (χ2v) is 13.6. The third-order valence-electron chi connectivity index (χ3n) is 9.88. The van der Waals surface area contributed by atoms with Crippen LogP contribution in [0.1, 0.15) is 56.0 Å². The van der Waals surface area contributed by atoms with Crippen LogP contribution in [-0.4, -0.2) is 34.1 Å². The standard InChI is InChI=1S/C42H33N7.Pt/c1-25(2)28-14-6-7-16-30(28)40-46-47-41-31-21-27(23-45-39(31)38-26(3)13-12-18-34(38)49(40)41)42(4,5)36-22-35-32(24-44-36)29-15-8-9-17-33(29)48(35)37-19-10-11-20-43-37;/h6-20,23-25H,1-5H3;/q-2;+2. The van der Waals surface area contributed by atoms with Gasteiger partial charge in [-0.2, -0.15) is 5.10 Å². The van der Waals surface area contributed by atoms with E-state index in [1.807, 2.05) is 36.8 Å². The van der Waals surface area contributed by atoms with E-state index < -0.39 is 5.41 Å². The van der Waals surface area contributed by atoms with E-state index in [-0.39, 0.29) is 21.1 Å². The summed E-state index contributed by atoms with van der Waals surface area (Å²) in [6, 6.07) is 36.7. The van der Waals surface area contributed by atoms with Crippen LogP contribution in [0.25, 0.3) is 66.5 Å². The fraction of sp³-hybridized carbons (Fsp3) is 0.167. The summed E-state index contributed by atoms with van der Waals surface area (Å²) in [5, 5.41) is 13.7. The molecular formula is C42H33N7Pt. The molecule has 0 saturated carbocycles. The van der Waals surface area contributed by atoms with E-state index >= 15 is 0 Å². The average molecular weight is 831 g/mol. The average Bonchev–Trinajstić information content (AvgIpc) is 3.72. The smallest absolute Gasteiger partial charge is 0.351 e. The van der Waals surface area contributed by atoms with Crippen molar-refractivity contribution in [2.24, 2.45) is 0 Å². The number of hydrogen-bond donors (Lipinski definition) is 0. The summed E-state index contributed by atoms with van der Waals surface area (Å²) in [6.45, 7) is 10.9. The van der Waals surface area contributed by atoms with Crippen LogP contribution in [0.15, 0.2) is 104 Å². The summed E-state index contributed by atoms with van der Waals surface area (Å²) in [5.74, 6) is 1.98. The first kappa shape index (κ1) is 32.0. The van der Waals surface area contributed by atoms with Crippen molar-refractivity contribution in [3.05, 3.63) is 138 Å². The van der Waals surface area contributed by atoms with E-state index in [2.05, 4.69) is 122 Å². The van der Waals surface area contributed by atoms with Gasteiger partial charge in [0.05, 0.1) is 5.65 Å². The van der Waals surface area contributed by atoms with Crippen LogP contribution in [0.4, 0.5) is 0 Å². The summed E-state index contributed by atoms with van der Waals surface area (Å²) < 4.78 is 4.35. The number of aromatic nitrogens is 7. The third-order valence-corrected chi connectivity index (χ3v) is 9.88. The van der Waals surface area contributed by atoms with E-state index in [9.17, 15) is 0 Å². The molecule has 0 atom stereocenters. The van der Waals surface area contributed by atoms with Crippen molar-refractivity contribution in [2.75, 3.05) is 0 Å². The molecule has 0 radical (unpaired) electrons. The zero-order chi connectivity index (χ0) is 33.4. The molecule has 6 aromatic heterocycles. The predicted octanol–water partition coefficient (Wildman–Crippen LogP) is 9.34. The van der Waals surface area contributed by atoms with Crippen molar-refractivity contribution in [3.63, 3.8) is 0 Å². The Morgan fingerprint density at radius 2 is 1.52 bits per heavy atom. The summed E-state index contributed by atoms with van der Waals surface area (Å²) in [4.78, 5) is 14.8. The number of para-hydroxylation sites is 1. The van der Waals surface area contributed by atoms with Gasteiger partial charge in [-0.05, 0) is 76.4 Å². The molecule has 246 valence electrons. The van der Waals surface area contributed by atoms with Crippen molar-refractivity contribution in [1.29, 1.82) is 0 Å². The van der Waals surface area contributed by atoms with Crippen LogP contribution in [0.3, 0.4) is 0 Å². The fourth-order valence-electron chi connectivity index (χ4n) is 7.25. The van der Waals surface area contributed by atoms with E-state index in [4.69, 9.17) is 25.1 Å². The van der Waals surface area contributed by atoms with Gasteiger partial charge in [-0.25, -0.2) is 11.1 Å². The van der Waals surface area contributed by atoms with Crippen LogP contribution >= 0.6 is 0 Å². The SMILES string of the molecule is Cc1cccc2c1c1ncc(C(C)(C)c3[c-]c4c(cn3)c3ccccc3n4-c3ccccn3)[c-]c1c1nnc(-c3ccccc3C(C)C)n21.[Pt+2]. The first-order valence-electron chi connectivity index (χ1n) is 16.6. The summed E-state index contributed by atoms with van der Waals surface area (Å²) >= 11 is 0. The minimum atomic E-state index is -0.592. The molecule has 0 saturated heterocycles. The molecule has 0 aliphatic carbocycles. The molecule has 0 bridgehead atoms. The van der Waals surface area contributed by atoms with Crippen LogP contribution in [0.5, 0.6) is 0 Å². The first-order chi connectivity index (χ1) is 23.8.